The van der Waals surface area contributed by atoms with E-state index >= 15 is 0 Å². The van der Waals surface area contributed by atoms with Gasteiger partial charge in [-0.3, -0.25) is 4.79 Å². The molecule has 0 saturated carbocycles. The van der Waals surface area contributed by atoms with E-state index in [-0.39, 0.29) is 24.3 Å². The molecule has 0 aliphatic carbocycles. The maximum absolute atomic E-state index is 11.5. The molecule has 0 aliphatic heterocycles. The first-order chi connectivity index (χ1) is 12.2. The van der Waals surface area contributed by atoms with Gasteiger partial charge in [-0.05, 0) is 31.6 Å². The monoisotopic (exact) mass is 353 g/mol. The highest BCUT2D eigenvalue weighted by Gasteiger charge is 2.23. The van der Waals surface area contributed by atoms with Crippen molar-refractivity contribution in [1.82, 2.24) is 0 Å². The van der Waals surface area contributed by atoms with Crippen molar-refractivity contribution < 1.29 is 9.90 Å². The molecule has 3 heteroatoms. The quantitative estimate of drug-likeness (QED) is 0.243. The van der Waals surface area contributed by atoms with Gasteiger partial charge in [0.1, 0.15) is 0 Å². The number of carbonyl (C=O) groups is 1. The minimum absolute atomic E-state index is 0.0357. The molecule has 0 aromatic rings. The second kappa shape index (κ2) is 18.0. The maximum atomic E-state index is 11.5. The molecule has 0 aromatic carbocycles. The Labute approximate surface area is 156 Å². The van der Waals surface area contributed by atoms with Gasteiger partial charge in [-0.2, -0.15) is 0 Å². The molecular weight excluding hydrogens is 310 g/mol. The number of amides is 1. The molecule has 0 aliphatic rings. The van der Waals surface area contributed by atoms with E-state index in [9.17, 15) is 9.90 Å². The fourth-order valence-electron chi connectivity index (χ4n) is 3.40. The summed E-state index contributed by atoms with van der Waals surface area (Å²) in [4.78, 5) is 11.5. The van der Waals surface area contributed by atoms with Crippen LogP contribution in [0.25, 0.3) is 0 Å². The van der Waals surface area contributed by atoms with Crippen molar-refractivity contribution in [3.8, 4) is 0 Å². The van der Waals surface area contributed by atoms with E-state index in [1.807, 2.05) is 6.92 Å². The molecule has 3 nitrogen and oxygen atoms in total. The minimum Gasteiger partial charge on any atom is -0.396 e. The number of nitrogens with two attached hydrogens (primary N) is 1. The highest BCUT2D eigenvalue weighted by molar-refractivity contribution is 5.76. The molecular formula is C22H43NO2. The van der Waals surface area contributed by atoms with Gasteiger partial charge in [0, 0.05) is 12.5 Å². The lowest BCUT2D eigenvalue weighted by Crippen LogP contribution is -2.31. The van der Waals surface area contributed by atoms with Crippen LogP contribution in [0.4, 0.5) is 0 Å². The van der Waals surface area contributed by atoms with Crippen LogP contribution in [0, 0.1) is 11.8 Å². The fraction of sp³-hybridized carbons (Fsp3) is 0.864. The van der Waals surface area contributed by atoms with Crippen molar-refractivity contribution >= 4 is 5.91 Å². The van der Waals surface area contributed by atoms with E-state index in [4.69, 9.17) is 5.73 Å². The number of rotatable bonds is 18. The number of primary amides is 1. The summed E-state index contributed by atoms with van der Waals surface area (Å²) >= 11 is 0. The first-order valence-corrected chi connectivity index (χ1v) is 10.7. The van der Waals surface area contributed by atoms with Gasteiger partial charge >= 0.3 is 0 Å². The standard InChI is InChI=1S/C22H43NO2/c1-3-5-6-7-8-9-10-11-12-13-14-15-16-17-18-21(22(23)25)20(4-2)19-24/h7-8,20-21,24H,3-6,9-19H2,1-2H3,(H2,23,25). The van der Waals surface area contributed by atoms with Crippen LogP contribution in [0.15, 0.2) is 12.2 Å². The third kappa shape index (κ3) is 14.1. The first kappa shape index (κ1) is 24.2. The van der Waals surface area contributed by atoms with Crippen molar-refractivity contribution in [2.45, 2.75) is 104 Å². The van der Waals surface area contributed by atoms with Crippen LogP contribution in [0.2, 0.25) is 0 Å². The molecule has 0 radical (unpaired) electrons. The van der Waals surface area contributed by atoms with Gasteiger partial charge in [-0.25, -0.2) is 0 Å². The maximum Gasteiger partial charge on any atom is 0.220 e. The second-order valence-electron chi connectivity index (χ2n) is 7.38. The summed E-state index contributed by atoms with van der Waals surface area (Å²) in [5.74, 6) is -0.362. The highest BCUT2D eigenvalue weighted by atomic mass is 16.3. The summed E-state index contributed by atoms with van der Waals surface area (Å²) < 4.78 is 0. The number of carbonyl (C=O) groups excluding carboxylic acids is 1. The minimum atomic E-state index is -0.246. The van der Waals surface area contributed by atoms with Crippen LogP contribution >= 0.6 is 0 Å². The van der Waals surface area contributed by atoms with E-state index in [0.717, 1.165) is 19.3 Å². The lowest BCUT2D eigenvalue weighted by atomic mass is 9.85. The summed E-state index contributed by atoms with van der Waals surface area (Å²) in [6.07, 6.45) is 21.5. The normalized spacial score (nSPS) is 14.0. The third-order valence-electron chi connectivity index (χ3n) is 5.22. The van der Waals surface area contributed by atoms with Gasteiger partial charge in [-0.1, -0.05) is 90.2 Å². The molecule has 0 spiro atoms. The predicted octanol–water partition coefficient (Wildman–Crippen LogP) is 5.75. The Morgan fingerprint density at radius 2 is 1.40 bits per heavy atom. The molecule has 148 valence electrons. The second-order valence-corrected chi connectivity index (χ2v) is 7.38. The molecule has 25 heavy (non-hydrogen) atoms. The fourth-order valence-corrected chi connectivity index (χ4v) is 3.40. The van der Waals surface area contributed by atoms with Crippen molar-refractivity contribution in [3.05, 3.63) is 12.2 Å². The van der Waals surface area contributed by atoms with Gasteiger partial charge in [0.15, 0.2) is 0 Å². The molecule has 0 heterocycles. The Kier molecular flexibility index (Phi) is 17.4. The molecule has 0 fully saturated rings. The summed E-state index contributed by atoms with van der Waals surface area (Å²) in [6, 6.07) is 0. The van der Waals surface area contributed by atoms with Crippen LogP contribution in [0.1, 0.15) is 104 Å². The van der Waals surface area contributed by atoms with Gasteiger partial charge in [0.25, 0.3) is 0 Å². The average molecular weight is 354 g/mol. The van der Waals surface area contributed by atoms with Gasteiger partial charge in [0.2, 0.25) is 5.91 Å². The zero-order valence-corrected chi connectivity index (χ0v) is 16.8. The molecule has 0 aromatic heterocycles. The zero-order chi connectivity index (χ0) is 18.8. The Bertz CT molecular complexity index is 324. The Hall–Kier alpha value is -0.830. The summed E-state index contributed by atoms with van der Waals surface area (Å²) in [5, 5.41) is 9.35. The molecule has 1 amide bonds. The van der Waals surface area contributed by atoms with E-state index in [1.165, 1.54) is 70.6 Å². The van der Waals surface area contributed by atoms with E-state index < -0.39 is 0 Å². The molecule has 0 rings (SSSR count). The van der Waals surface area contributed by atoms with Gasteiger partial charge < -0.3 is 10.8 Å². The highest BCUT2D eigenvalue weighted by Crippen LogP contribution is 2.22. The van der Waals surface area contributed by atoms with Crippen LogP contribution < -0.4 is 5.73 Å². The topological polar surface area (TPSA) is 63.3 Å². The third-order valence-corrected chi connectivity index (χ3v) is 5.22. The van der Waals surface area contributed by atoms with Crippen LogP contribution in [0.3, 0.4) is 0 Å². The van der Waals surface area contributed by atoms with Gasteiger partial charge in [-0.15, -0.1) is 0 Å². The van der Waals surface area contributed by atoms with Crippen LogP contribution in [0.5, 0.6) is 0 Å². The number of aliphatic hydroxyl groups excluding tert-OH is 1. The number of hydrogen-bond acceptors (Lipinski definition) is 2. The van der Waals surface area contributed by atoms with Crippen molar-refractivity contribution in [2.75, 3.05) is 6.61 Å². The van der Waals surface area contributed by atoms with E-state index in [2.05, 4.69) is 19.1 Å². The number of hydrogen-bond donors (Lipinski definition) is 2. The molecule has 2 unspecified atom stereocenters. The molecule has 2 atom stereocenters. The number of allylic oxidation sites excluding steroid dienone is 2. The predicted molar refractivity (Wildman–Crippen MR) is 108 cm³/mol. The summed E-state index contributed by atoms with van der Waals surface area (Å²) in [6.45, 7) is 4.32. The largest absolute Gasteiger partial charge is 0.396 e. The Morgan fingerprint density at radius 3 is 1.88 bits per heavy atom. The summed E-state index contributed by atoms with van der Waals surface area (Å²) in [7, 11) is 0. The lowest BCUT2D eigenvalue weighted by Gasteiger charge is -2.21. The van der Waals surface area contributed by atoms with Gasteiger partial charge in [0.05, 0.1) is 0 Å². The van der Waals surface area contributed by atoms with Crippen LogP contribution in [-0.4, -0.2) is 17.6 Å². The number of aliphatic hydroxyl groups is 1. The number of unbranched alkanes of at least 4 members (excludes halogenated alkanes) is 10. The van der Waals surface area contributed by atoms with Crippen molar-refractivity contribution in [1.29, 1.82) is 0 Å². The van der Waals surface area contributed by atoms with Crippen LogP contribution in [-0.2, 0) is 4.79 Å². The first-order valence-electron chi connectivity index (χ1n) is 10.7. The molecule has 3 N–H and O–H groups in total. The molecule has 0 bridgehead atoms. The zero-order valence-electron chi connectivity index (χ0n) is 16.8. The average Bonchev–Trinajstić information content (AvgIpc) is 2.61. The van der Waals surface area contributed by atoms with E-state index in [1.54, 1.807) is 0 Å². The Balaban J connectivity index is 3.48. The lowest BCUT2D eigenvalue weighted by molar-refractivity contribution is -0.124. The van der Waals surface area contributed by atoms with E-state index in [0.29, 0.717) is 0 Å². The SMILES string of the molecule is CCCCC=CCCCCCCCCCCC(C(N)=O)C(CC)CO. The van der Waals surface area contributed by atoms with Crippen molar-refractivity contribution in [2.24, 2.45) is 17.6 Å². The molecule has 0 saturated heterocycles. The Morgan fingerprint density at radius 1 is 0.880 bits per heavy atom. The smallest absolute Gasteiger partial charge is 0.220 e. The van der Waals surface area contributed by atoms with Crippen molar-refractivity contribution in [3.63, 3.8) is 0 Å². The summed E-state index contributed by atoms with van der Waals surface area (Å²) in [5.41, 5.74) is 5.49.